The third-order valence-electron chi connectivity index (χ3n) is 3.19. The van der Waals surface area contributed by atoms with Gasteiger partial charge >= 0.3 is 7.69 Å². The molecule has 0 aliphatic rings. The van der Waals surface area contributed by atoms with Crippen LogP contribution in [0.2, 0.25) is 18.1 Å². The molecule has 0 amide bonds. The second-order valence-electron chi connectivity index (χ2n) is 5.56. The van der Waals surface area contributed by atoms with Crippen LogP contribution in [0.4, 0.5) is 0 Å². The fourth-order valence-electron chi connectivity index (χ4n) is 1.09. The van der Waals surface area contributed by atoms with Gasteiger partial charge in [0.15, 0.2) is 0 Å². The molecule has 0 aliphatic carbocycles. The van der Waals surface area contributed by atoms with Crippen molar-refractivity contribution in [3.8, 4) is 11.5 Å². The van der Waals surface area contributed by atoms with Gasteiger partial charge < -0.3 is 14.1 Å². The standard InChI is InChI=1S/C12H20BO3Si/c1-12(2,3)17(4,5)16-11-8-6-10(7-9-11)15-13-14/h6-9,14H,1-5H3. The van der Waals surface area contributed by atoms with Crippen LogP contribution in [-0.2, 0) is 0 Å². The molecule has 0 bridgehead atoms. The third kappa shape index (κ3) is 3.78. The summed E-state index contributed by atoms with van der Waals surface area (Å²) in [7, 11) is -1.11. The number of hydrogen-bond donors (Lipinski definition) is 1. The molecular weight excluding hydrogens is 231 g/mol. The molecule has 1 radical (unpaired) electrons. The topological polar surface area (TPSA) is 38.7 Å². The molecule has 17 heavy (non-hydrogen) atoms. The van der Waals surface area contributed by atoms with Gasteiger partial charge in [0.2, 0.25) is 8.32 Å². The van der Waals surface area contributed by atoms with Crippen molar-refractivity contribution in [1.29, 1.82) is 0 Å². The van der Waals surface area contributed by atoms with E-state index in [9.17, 15) is 0 Å². The number of benzene rings is 1. The molecule has 0 aliphatic heterocycles. The Kier molecular flexibility index (Phi) is 4.27. The van der Waals surface area contributed by atoms with Crippen molar-refractivity contribution in [2.24, 2.45) is 0 Å². The van der Waals surface area contributed by atoms with Gasteiger partial charge in [-0.2, -0.15) is 0 Å². The van der Waals surface area contributed by atoms with Crippen molar-refractivity contribution in [3.05, 3.63) is 24.3 Å². The molecule has 0 spiro atoms. The summed E-state index contributed by atoms with van der Waals surface area (Å²) in [6, 6.07) is 7.27. The van der Waals surface area contributed by atoms with E-state index in [2.05, 4.69) is 33.9 Å². The second kappa shape index (κ2) is 5.14. The minimum atomic E-state index is -1.78. The molecule has 0 saturated carbocycles. The first-order chi connectivity index (χ1) is 7.76. The average molecular weight is 251 g/mol. The Morgan fingerprint density at radius 3 is 1.94 bits per heavy atom. The van der Waals surface area contributed by atoms with Crippen molar-refractivity contribution in [2.75, 3.05) is 0 Å². The number of rotatable bonds is 4. The molecule has 0 atom stereocenters. The van der Waals surface area contributed by atoms with Gasteiger partial charge in [0, 0.05) is 0 Å². The Hall–Kier alpha value is -0.938. The van der Waals surface area contributed by atoms with Crippen LogP contribution in [0, 0.1) is 0 Å². The van der Waals surface area contributed by atoms with Crippen LogP contribution in [0.25, 0.3) is 0 Å². The Morgan fingerprint density at radius 1 is 1.06 bits per heavy atom. The zero-order valence-electron chi connectivity index (χ0n) is 11.2. The maximum atomic E-state index is 8.51. The highest BCUT2D eigenvalue weighted by molar-refractivity contribution is 6.74. The van der Waals surface area contributed by atoms with Gasteiger partial charge in [-0.25, -0.2) is 0 Å². The van der Waals surface area contributed by atoms with Crippen molar-refractivity contribution >= 4 is 16.0 Å². The van der Waals surface area contributed by atoms with Gasteiger partial charge in [0.25, 0.3) is 0 Å². The third-order valence-corrected chi connectivity index (χ3v) is 7.55. The lowest BCUT2D eigenvalue weighted by Crippen LogP contribution is -2.43. The molecule has 0 unspecified atom stereocenters. The minimum Gasteiger partial charge on any atom is -0.543 e. The fraction of sp³-hybridized carbons (Fsp3) is 0.500. The maximum Gasteiger partial charge on any atom is 0.569 e. The fourth-order valence-corrected chi connectivity index (χ4v) is 2.13. The highest BCUT2D eigenvalue weighted by Crippen LogP contribution is 2.37. The maximum absolute atomic E-state index is 8.51. The van der Waals surface area contributed by atoms with Crippen LogP contribution >= 0.6 is 0 Å². The second-order valence-corrected chi connectivity index (χ2v) is 10.3. The molecule has 3 nitrogen and oxygen atoms in total. The van der Waals surface area contributed by atoms with E-state index in [0.29, 0.717) is 13.4 Å². The van der Waals surface area contributed by atoms with E-state index >= 15 is 0 Å². The van der Waals surface area contributed by atoms with Crippen LogP contribution in [0.15, 0.2) is 24.3 Å². The van der Waals surface area contributed by atoms with Crippen molar-refractivity contribution in [1.82, 2.24) is 0 Å². The molecule has 0 aromatic heterocycles. The van der Waals surface area contributed by atoms with Gasteiger partial charge in [-0.1, -0.05) is 20.8 Å². The van der Waals surface area contributed by atoms with E-state index in [0.717, 1.165) is 5.75 Å². The Morgan fingerprint density at radius 2 is 1.53 bits per heavy atom. The first-order valence-corrected chi connectivity index (χ1v) is 8.59. The van der Waals surface area contributed by atoms with Crippen LogP contribution in [0.3, 0.4) is 0 Å². The summed E-state index contributed by atoms with van der Waals surface area (Å²) in [5, 5.41) is 8.69. The molecule has 1 N–H and O–H groups in total. The minimum absolute atomic E-state index is 0.182. The van der Waals surface area contributed by atoms with Gasteiger partial charge in [-0.05, 0) is 42.4 Å². The summed E-state index contributed by atoms with van der Waals surface area (Å²) in [5.74, 6) is 1.44. The van der Waals surface area contributed by atoms with Crippen LogP contribution < -0.4 is 9.08 Å². The molecule has 0 fully saturated rings. The summed E-state index contributed by atoms with van der Waals surface area (Å²) >= 11 is 0. The SMILES string of the molecule is CC(C)(C)[Si](C)(C)Oc1ccc(O[B]O)cc1. The highest BCUT2D eigenvalue weighted by atomic mass is 28.4. The Labute approximate surface area is 105 Å². The zero-order valence-corrected chi connectivity index (χ0v) is 12.2. The molecule has 0 saturated heterocycles. The number of hydrogen-bond acceptors (Lipinski definition) is 3. The summed E-state index contributed by atoms with van der Waals surface area (Å²) in [6.07, 6.45) is 0. The largest absolute Gasteiger partial charge is 0.569 e. The van der Waals surface area contributed by atoms with Gasteiger partial charge in [0.1, 0.15) is 11.5 Å². The van der Waals surface area contributed by atoms with E-state index in [4.69, 9.17) is 14.1 Å². The van der Waals surface area contributed by atoms with Crippen LogP contribution in [0.5, 0.6) is 11.5 Å². The first-order valence-electron chi connectivity index (χ1n) is 5.68. The average Bonchev–Trinajstić information content (AvgIpc) is 2.19. The van der Waals surface area contributed by atoms with Gasteiger partial charge in [-0.15, -0.1) is 0 Å². The van der Waals surface area contributed by atoms with E-state index in [1.54, 1.807) is 12.1 Å². The van der Waals surface area contributed by atoms with Crippen LogP contribution in [-0.4, -0.2) is 21.0 Å². The molecular formula is C12H20BO3Si. The summed E-state index contributed by atoms with van der Waals surface area (Å²) < 4.78 is 11.0. The molecule has 93 valence electrons. The van der Waals surface area contributed by atoms with E-state index < -0.39 is 8.32 Å². The summed E-state index contributed by atoms with van der Waals surface area (Å²) in [4.78, 5) is 0. The van der Waals surface area contributed by atoms with E-state index in [1.165, 1.54) is 0 Å². The predicted molar refractivity (Wildman–Crippen MR) is 72.9 cm³/mol. The lowest BCUT2D eigenvalue weighted by atomic mass is 10.2. The lowest BCUT2D eigenvalue weighted by Gasteiger charge is -2.36. The molecule has 1 aromatic rings. The Balaban J connectivity index is 2.76. The molecule has 1 rings (SSSR count). The smallest absolute Gasteiger partial charge is 0.543 e. The normalized spacial score (nSPS) is 12.1. The zero-order chi connectivity index (χ0) is 13.1. The van der Waals surface area contributed by atoms with Crippen molar-refractivity contribution < 1.29 is 14.1 Å². The highest BCUT2D eigenvalue weighted by Gasteiger charge is 2.38. The van der Waals surface area contributed by atoms with Crippen LogP contribution in [0.1, 0.15) is 20.8 Å². The summed E-state index contributed by atoms with van der Waals surface area (Å²) in [5.41, 5.74) is 0. The monoisotopic (exact) mass is 251 g/mol. The predicted octanol–water partition coefficient (Wildman–Crippen LogP) is 2.98. The van der Waals surface area contributed by atoms with E-state index in [1.807, 2.05) is 12.1 Å². The van der Waals surface area contributed by atoms with E-state index in [-0.39, 0.29) is 5.04 Å². The first kappa shape index (κ1) is 14.1. The Bertz CT molecular complexity index is 357. The molecule has 1 aromatic carbocycles. The molecule has 5 heteroatoms. The lowest BCUT2D eigenvalue weighted by molar-refractivity contribution is 0.452. The molecule has 0 heterocycles. The van der Waals surface area contributed by atoms with Gasteiger partial charge in [0.05, 0.1) is 0 Å². The van der Waals surface area contributed by atoms with Gasteiger partial charge in [-0.3, -0.25) is 0 Å². The van der Waals surface area contributed by atoms with Crippen molar-refractivity contribution in [2.45, 2.75) is 38.9 Å². The quantitative estimate of drug-likeness (QED) is 0.836. The van der Waals surface area contributed by atoms with Crippen molar-refractivity contribution in [3.63, 3.8) is 0 Å². The summed E-state index contributed by atoms with van der Waals surface area (Å²) in [6.45, 7) is 11.0.